The number of rotatable bonds is 4. The Morgan fingerprint density at radius 3 is 1.33 bits per heavy atom. The van der Waals surface area contributed by atoms with Gasteiger partial charge in [0.1, 0.15) is 0 Å². The van der Waals surface area contributed by atoms with Gasteiger partial charge in [0, 0.05) is 0 Å². The topological polar surface area (TPSA) is 26.0 Å². The lowest BCUT2D eigenvalue weighted by molar-refractivity contribution is 1.10. The molecule has 0 spiro atoms. The molecule has 0 saturated heterocycles. The Morgan fingerprint density at radius 2 is 1.33 bits per heavy atom. The molecule has 0 saturated carbocycles. The van der Waals surface area contributed by atoms with Gasteiger partial charge in [0.2, 0.25) is 0 Å². The summed E-state index contributed by atoms with van der Waals surface area (Å²) in [6.45, 7) is 6.85. The van der Waals surface area contributed by atoms with E-state index >= 15 is 0 Å². The van der Waals surface area contributed by atoms with Crippen molar-refractivity contribution in [2.45, 2.75) is 38.9 Å². The molecular weight excluding hydrogens is 126 g/mol. The molecule has 0 aromatic rings. The summed E-state index contributed by atoms with van der Waals surface area (Å²) in [6.07, 6.45) is 0.983. The van der Waals surface area contributed by atoms with Crippen molar-refractivity contribution < 1.29 is 0 Å². The number of nitrogens with two attached hydrogens (primary N) is 1. The van der Waals surface area contributed by atoms with Crippen LogP contribution >= 0.6 is 0 Å². The summed E-state index contributed by atoms with van der Waals surface area (Å²) < 4.78 is 0. The average Bonchev–Trinajstić information content (AvgIpc) is 1.95. The Bertz CT molecular complexity index is 51.8. The highest BCUT2D eigenvalue weighted by atomic mass is 28.3. The largest absolute Gasteiger partial charge is 0.333 e. The summed E-state index contributed by atoms with van der Waals surface area (Å²) in [7, 11) is -0.914. The lowest BCUT2D eigenvalue weighted by Crippen LogP contribution is -2.40. The molecule has 0 aromatic heterocycles. The molecule has 0 unspecified atom stereocenters. The van der Waals surface area contributed by atoms with Crippen LogP contribution in [-0.4, -0.2) is 14.2 Å². The molecule has 0 heterocycles. The minimum Gasteiger partial charge on any atom is -0.333 e. The van der Waals surface area contributed by atoms with Crippen molar-refractivity contribution in [1.29, 1.82) is 0 Å². The predicted molar refractivity (Wildman–Crippen MR) is 46.3 cm³/mol. The Morgan fingerprint density at radius 1 is 1.00 bits per heavy atom. The lowest BCUT2D eigenvalue weighted by atomic mass is 10.9. The van der Waals surface area contributed by atoms with E-state index in [0.717, 1.165) is 6.17 Å². The van der Waals surface area contributed by atoms with Gasteiger partial charge in [-0.3, -0.25) is 0 Å². The van der Waals surface area contributed by atoms with Gasteiger partial charge in [-0.15, -0.1) is 0 Å². The third-order valence-electron chi connectivity index (χ3n) is 2.68. The van der Waals surface area contributed by atoms with Crippen molar-refractivity contribution in [1.82, 2.24) is 0 Å². The third kappa shape index (κ3) is 2.10. The van der Waals surface area contributed by atoms with Gasteiger partial charge in [-0.2, -0.15) is 0 Å². The standard InChI is InChI=1S/C7H19NSi/c1-4-9(5-2,6-3)7-8/h4-8H2,1-3H3. The van der Waals surface area contributed by atoms with Crippen molar-refractivity contribution in [2.75, 3.05) is 6.17 Å². The highest BCUT2D eigenvalue weighted by Gasteiger charge is 2.23. The van der Waals surface area contributed by atoms with Crippen molar-refractivity contribution in [2.24, 2.45) is 5.73 Å². The zero-order valence-corrected chi connectivity index (χ0v) is 7.91. The average molecular weight is 145 g/mol. The van der Waals surface area contributed by atoms with E-state index in [1.54, 1.807) is 0 Å². The highest BCUT2D eigenvalue weighted by Crippen LogP contribution is 2.17. The van der Waals surface area contributed by atoms with Crippen molar-refractivity contribution in [3.05, 3.63) is 0 Å². The fourth-order valence-corrected chi connectivity index (χ4v) is 3.55. The first-order chi connectivity index (χ1) is 4.24. The molecule has 0 radical (unpaired) electrons. The smallest absolute Gasteiger partial charge is 0.0675 e. The van der Waals surface area contributed by atoms with Crippen molar-refractivity contribution >= 4 is 8.07 Å². The predicted octanol–water partition coefficient (Wildman–Crippen LogP) is 1.99. The Labute approximate surface area is 59.6 Å². The van der Waals surface area contributed by atoms with Crippen LogP contribution < -0.4 is 5.73 Å². The SMILES string of the molecule is CC[Si](CC)(CC)CN. The van der Waals surface area contributed by atoms with E-state index in [1.807, 2.05) is 0 Å². The molecule has 0 bridgehead atoms. The van der Waals surface area contributed by atoms with Gasteiger partial charge < -0.3 is 5.73 Å². The van der Waals surface area contributed by atoms with Gasteiger partial charge in [0.15, 0.2) is 0 Å². The molecule has 56 valence electrons. The van der Waals surface area contributed by atoms with E-state index < -0.39 is 8.07 Å². The van der Waals surface area contributed by atoms with E-state index in [4.69, 9.17) is 5.73 Å². The minimum absolute atomic E-state index is 0.914. The Kier molecular flexibility index (Phi) is 4.15. The van der Waals surface area contributed by atoms with Gasteiger partial charge in [-0.05, 0) is 6.17 Å². The van der Waals surface area contributed by atoms with E-state index in [9.17, 15) is 0 Å². The maximum absolute atomic E-state index is 5.70. The fraction of sp³-hybridized carbons (Fsp3) is 1.00. The fourth-order valence-electron chi connectivity index (χ4n) is 1.18. The zero-order chi connectivity index (χ0) is 7.33. The second-order valence-corrected chi connectivity index (χ2v) is 8.29. The highest BCUT2D eigenvalue weighted by molar-refractivity contribution is 6.79. The second kappa shape index (κ2) is 4.07. The summed E-state index contributed by atoms with van der Waals surface area (Å²) in [5.74, 6) is 0. The molecule has 0 aliphatic carbocycles. The maximum Gasteiger partial charge on any atom is 0.0675 e. The zero-order valence-electron chi connectivity index (χ0n) is 6.91. The first kappa shape index (κ1) is 9.18. The van der Waals surface area contributed by atoms with Gasteiger partial charge in [0.05, 0.1) is 8.07 Å². The van der Waals surface area contributed by atoms with E-state index in [-0.39, 0.29) is 0 Å². The van der Waals surface area contributed by atoms with Crippen LogP contribution in [0, 0.1) is 0 Å². The van der Waals surface area contributed by atoms with Crippen LogP contribution in [0.1, 0.15) is 20.8 Å². The van der Waals surface area contributed by atoms with Gasteiger partial charge in [-0.1, -0.05) is 38.9 Å². The second-order valence-electron chi connectivity index (χ2n) is 2.76. The summed E-state index contributed by atoms with van der Waals surface area (Å²) >= 11 is 0. The summed E-state index contributed by atoms with van der Waals surface area (Å²) in [5, 5.41) is 0. The Balaban J connectivity index is 3.82. The summed E-state index contributed by atoms with van der Waals surface area (Å²) in [4.78, 5) is 0. The van der Waals surface area contributed by atoms with E-state index in [2.05, 4.69) is 20.8 Å². The molecule has 0 aliphatic heterocycles. The van der Waals surface area contributed by atoms with Crippen LogP contribution in [0.4, 0.5) is 0 Å². The minimum atomic E-state index is -0.914. The molecule has 1 nitrogen and oxygen atoms in total. The molecule has 2 heteroatoms. The molecule has 0 amide bonds. The maximum atomic E-state index is 5.70. The van der Waals surface area contributed by atoms with Crippen LogP contribution in [0.3, 0.4) is 0 Å². The molecule has 0 aliphatic rings. The quantitative estimate of drug-likeness (QED) is 0.602. The lowest BCUT2D eigenvalue weighted by Gasteiger charge is -2.25. The molecule has 0 rings (SSSR count). The summed E-state index contributed by atoms with van der Waals surface area (Å²) in [6, 6.07) is 4.07. The number of hydrogen-bond donors (Lipinski definition) is 1. The third-order valence-corrected chi connectivity index (χ3v) is 8.05. The molecule has 0 fully saturated rings. The summed E-state index contributed by atoms with van der Waals surface area (Å²) in [5.41, 5.74) is 5.70. The van der Waals surface area contributed by atoms with Crippen molar-refractivity contribution in [3.8, 4) is 0 Å². The van der Waals surface area contributed by atoms with Gasteiger partial charge >= 0.3 is 0 Å². The van der Waals surface area contributed by atoms with E-state index in [1.165, 1.54) is 18.1 Å². The first-order valence-corrected chi connectivity index (χ1v) is 6.77. The monoisotopic (exact) mass is 145 g/mol. The van der Waals surface area contributed by atoms with Crippen LogP contribution in [-0.2, 0) is 0 Å². The van der Waals surface area contributed by atoms with Crippen LogP contribution in [0.2, 0.25) is 18.1 Å². The first-order valence-electron chi connectivity index (χ1n) is 3.94. The molecule has 0 atom stereocenters. The van der Waals surface area contributed by atoms with E-state index in [0.29, 0.717) is 0 Å². The van der Waals surface area contributed by atoms with Crippen LogP contribution in [0.15, 0.2) is 0 Å². The normalized spacial score (nSPS) is 12.0. The van der Waals surface area contributed by atoms with Crippen molar-refractivity contribution in [3.63, 3.8) is 0 Å². The van der Waals surface area contributed by atoms with Gasteiger partial charge in [0.25, 0.3) is 0 Å². The van der Waals surface area contributed by atoms with Crippen LogP contribution in [0.5, 0.6) is 0 Å². The molecule has 0 aromatic carbocycles. The molecule has 9 heavy (non-hydrogen) atoms. The Hall–Kier alpha value is 0.177. The molecular formula is C7H19NSi. The van der Waals surface area contributed by atoms with Crippen LogP contribution in [0.25, 0.3) is 0 Å². The van der Waals surface area contributed by atoms with Gasteiger partial charge in [-0.25, -0.2) is 0 Å². The number of hydrogen-bond acceptors (Lipinski definition) is 1. The molecule has 2 N–H and O–H groups in total.